The van der Waals surface area contributed by atoms with Crippen LogP contribution in [0.3, 0.4) is 0 Å². The summed E-state index contributed by atoms with van der Waals surface area (Å²) in [6.07, 6.45) is -0.138. The zero-order valence-electron chi connectivity index (χ0n) is 11.9. The van der Waals surface area contributed by atoms with Gasteiger partial charge in [0.2, 0.25) is 0 Å². The fourth-order valence-corrected chi connectivity index (χ4v) is 2.88. The minimum atomic E-state index is -0.138. The summed E-state index contributed by atoms with van der Waals surface area (Å²) in [6, 6.07) is 11.7. The van der Waals surface area contributed by atoms with Crippen molar-refractivity contribution in [1.82, 2.24) is 0 Å². The average Bonchev–Trinajstić information content (AvgIpc) is 2.54. The highest BCUT2D eigenvalue weighted by Gasteiger charge is 2.25. The van der Waals surface area contributed by atoms with Crippen molar-refractivity contribution in [3.05, 3.63) is 46.4 Å². The summed E-state index contributed by atoms with van der Waals surface area (Å²) in [5, 5.41) is 3.39. The molecule has 0 spiro atoms. The fraction of sp³-hybridized carbons (Fsp3) is 0.250. The van der Waals surface area contributed by atoms with Crippen molar-refractivity contribution < 1.29 is 14.2 Å². The zero-order chi connectivity index (χ0) is 14.8. The van der Waals surface area contributed by atoms with Crippen LogP contribution in [0.2, 0.25) is 0 Å². The van der Waals surface area contributed by atoms with Gasteiger partial charge < -0.3 is 19.5 Å². The van der Waals surface area contributed by atoms with E-state index in [4.69, 9.17) is 14.2 Å². The van der Waals surface area contributed by atoms with Crippen LogP contribution in [-0.4, -0.2) is 20.8 Å². The third kappa shape index (κ3) is 2.65. The largest absolute Gasteiger partial charge is 0.497 e. The van der Waals surface area contributed by atoms with E-state index in [0.29, 0.717) is 6.54 Å². The van der Waals surface area contributed by atoms with Crippen molar-refractivity contribution in [2.75, 3.05) is 26.1 Å². The van der Waals surface area contributed by atoms with E-state index in [0.717, 1.165) is 33.0 Å². The van der Waals surface area contributed by atoms with Crippen molar-refractivity contribution in [3.63, 3.8) is 0 Å². The molecule has 0 bridgehead atoms. The van der Waals surface area contributed by atoms with E-state index < -0.39 is 0 Å². The lowest BCUT2D eigenvalue weighted by molar-refractivity contribution is 0.203. The normalized spacial score (nSPS) is 16.4. The first kappa shape index (κ1) is 14.1. The maximum Gasteiger partial charge on any atom is 0.157 e. The second-order valence-corrected chi connectivity index (χ2v) is 5.57. The summed E-state index contributed by atoms with van der Waals surface area (Å²) in [7, 11) is 3.31. The molecule has 21 heavy (non-hydrogen) atoms. The lowest BCUT2D eigenvalue weighted by atomic mass is 10.1. The molecule has 2 aromatic rings. The predicted molar refractivity (Wildman–Crippen MR) is 85.5 cm³/mol. The van der Waals surface area contributed by atoms with Crippen LogP contribution in [0.1, 0.15) is 11.7 Å². The van der Waals surface area contributed by atoms with Gasteiger partial charge in [0.1, 0.15) is 17.6 Å². The van der Waals surface area contributed by atoms with E-state index in [9.17, 15) is 0 Å². The first-order valence-corrected chi connectivity index (χ1v) is 7.43. The Morgan fingerprint density at radius 3 is 2.81 bits per heavy atom. The quantitative estimate of drug-likeness (QED) is 0.908. The van der Waals surface area contributed by atoms with Gasteiger partial charge in [0.25, 0.3) is 0 Å². The Kier molecular flexibility index (Phi) is 3.92. The highest BCUT2D eigenvalue weighted by Crippen LogP contribution is 2.42. The number of fused-ring (bicyclic) bond motifs is 1. The number of nitrogens with one attached hydrogen (secondary N) is 1. The van der Waals surface area contributed by atoms with Crippen LogP contribution in [0.5, 0.6) is 17.2 Å². The van der Waals surface area contributed by atoms with Crippen LogP contribution in [0.25, 0.3) is 0 Å². The molecule has 0 aromatic heterocycles. The molecule has 1 atom stereocenters. The standard InChI is InChI=1S/C16H16BrNO3/c1-19-10-6-7-14(20-2)11(8-10)15-9-18-13-5-3-4-12(17)16(13)21-15/h3-8,15,18H,9H2,1-2H3. The highest BCUT2D eigenvalue weighted by molar-refractivity contribution is 9.10. The molecular formula is C16H16BrNO3. The number of halogens is 1. The molecule has 1 N–H and O–H groups in total. The second kappa shape index (κ2) is 5.85. The summed E-state index contributed by atoms with van der Waals surface area (Å²) >= 11 is 3.52. The average molecular weight is 350 g/mol. The van der Waals surface area contributed by atoms with Crippen LogP contribution >= 0.6 is 15.9 Å². The molecule has 110 valence electrons. The Morgan fingerprint density at radius 2 is 2.05 bits per heavy atom. The monoisotopic (exact) mass is 349 g/mol. The molecule has 0 amide bonds. The molecule has 0 saturated heterocycles. The van der Waals surface area contributed by atoms with Crippen LogP contribution in [-0.2, 0) is 0 Å². The number of methoxy groups -OCH3 is 2. The lowest BCUT2D eigenvalue weighted by Gasteiger charge is -2.29. The van der Waals surface area contributed by atoms with Crippen molar-refractivity contribution in [2.24, 2.45) is 0 Å². The molecule has 5 heteroatoms. The summed E-state index contributed by atoms with van der Waals surface area (Å²) in [4.78, 5) is 0. The van der Waals surface area contributed by atoms with Crippen molar-refractivity contribution in [3.8, 4) is 17.2 Å². The van der Waals surface area contributed by atoms with Crippen LogP contribution < -0.4 is 19.5 Å². The van der Waals surface area contributed by atoms with Crippen LogP contribution in [0, 0.1) is 0 Å². The summed E-state index contributed by atoms with van der Waals surface area (Å²) in [5.74, 6) is 2.39. The van der Waals surface area contributed by atoms with E-state index >= 15 is 0 Å². The van der Waals surface area contributed by atoms with Gasteiger partial charge in [-0.05, 0) is 46.3 Å². The SMILES string of the molecule is COc1ccc(OC)c(C2CNc3cccc(Br)c3O2)c1. The maximum atomic E-state index is 6.15. The van der Waals surface area contributed by atoms with Gasteiger partial charge in [-0.15, -0.1) is 0 Å². The molecule has 3 rings (SSSR count). The van der Waals surface area contributed by atoms with Gasteiger partial charge in [-0.1, -0.05) is 6.07 Å². The van der Waals surface area contributed by atoms with E-state index in [-0.39, 0.29) is 6.10 Å². The fourth-order valence-electron chi connectivity index (χ4n) is 2.42. The molecule has 1 heterocycles. The van der Waals surface area contributed by atoms with Gasteiger partial charge in [-0.2, -0.15) is 0 Å². The molecule has 0 radical (unpaired) electrons. The van der Waals surface area contributed by atoms with Gasteiger partial charge in [0.05, 0.1) is 30.9 Å². The minimum absolute atomic E-state index is 0.138. The van der Waals surface area contributed by atoms with Crippen molar-refractivity contribution in [1.29, 1.82) is 0 Å². The minimum Gasteiger partial charge on any atom is -0.497 e. The molecule has 1 aliphatic heterocycles. The molecule has 1 unspecified atom stereocenters. The van der Waals surface area contributed by atoms with Gasteiger partial charge >= 0.3 is 0 Å². The van der Waals surface area contributed by atoms with E-state index in [1.54, 1.807) is 14.2 Å². The van der Waals surface area contributed by atoms with E-state index in [1.165, 1.54) is 0 Å². The molecule has 4 nitrogen and oxygen atoms in total. The number of anilines is 1. The molecule has 1 aliphatic rings. The molecule has 0 fully saturated rings. The Labute approximate surface area is 132 Å². The molecule has 0 aliphatic carbocycles. The first-order chi connectivity index (χ1) is 10.2. The second-order valence-electron chi connectivity index (χ2n) is 4.71. The maximum absolute atomic E-state index is 6.15. The van der Waals surface area contributed by atoms with E-state index in [2.05, 4.69) is 21.2 Å². The van der Waals surface area contributed by atoms with E-state index in [1.807, 2.05) is 36.4 Å². The third-order valence-corrected chi connectivity index (χ3v) is 4.11. The number of hydrogen-bond donors (Lipinski definition) is 1. The van der Waals surface area contributed by atoms with Crippen LogP contribution in [0.15, 0.2) is 40.9 Å². The third-order valence-electron chi connectivity index (χ3n) is 3.49. The Morgan fingerprint density at radius 1 is 1.19 bits per heavy atom. The number of para-hydroxylation sites is 1. The lowest BCUT2D eigenvalue weighted by Crippen LogP contribution is -2.24. The molecule has 0 saturated carbocycles. The highest BCUT2D eigenvalue weighted by atomic mass is 79.9. The molecular weight excluding hydrogens is 334 g/mol. The van der Waals surface area contributed by atoms with Crippen molar-refractivity contribution in [2.45, 2.75) is 6.10 Å². The number of rotatable bonds is 3. The Hall–Kier alpha value is -1.88. The smallest absolute Gasteiger partial charge is 0.157 e. The Bertz CT molecular complexity index is 660. The summed E-state index contributed by atoms with van der Waals surface area (Å²) in [6.45, 7) is 0.674. The number of ether oxygens (including phenoxy) is 3. The van der Waals surface area contributed by atoms with Gasteiger partial charge in [0, 0.05) is 5.56 Å². The van der Waals surface area contributed by atoms with Gasteiger partial charge in [-0.25, -0.2) is 0 Å². The predicted octanol–water partition coefficient (Wildman–Crippen LogP) is 4.01. The molecule has 2 aromatic carbocycles. The van der Waals surface area contributed by atoms with Gasteiger partial charge in [0.15, 0.2) is 5.75 Å². The van der Waals surface area contributed by atoms with Crippen molar-refractivity contribution >= 4 is 21.6 Å². The Balaban J connectivity index is 1.97. The number of benzene rings is 2. The summed E-state index contributed by atoms with van der Waals surface area (Å²) < 4.78 is 17.8. The van der Waals surface area contributed by atoms with Gasteiger partial charge in [-0.3, -0.25) is 0 Å². The number of hydrogen-bond acceptors (Lipinski definition) is 4. The van der Waals surface area contributed by atoms with Crippen LogP contribution in [0.4, 0.5) is 5.69 Å². The zero-order valence-corrected chi connectivity index (χ0v) is 13.4. The first-order valence-electron chi connectivity index (χ1n) is 6.64. The summed E-state index contributed by atoms with van der Waals surface area (Å²) in [5.41, 5.74) is 1.95. The topological polar surface area (TPSA) is 39.7 Å².